The second kappa shape index (κ2) is 7.21. The van der Waals surface area contributed by atoms with Crippen molar-refractivity contribution in [2.75, 3.05) is 0 Å². The lowest BCUT2D eigenvalue weighted by Gasteiger charge is -2.33. The monoisotopic (exact) mass is 339 g/mol. The Morgan fingerprint density at radius 3 is 2.85 bits per heavy atom. The Labute approximate surface area is 128 Å². The molecule has 3 unspecified atom stereocenters. The molecule has 0 radical (unpaired) electrons. The number of carbonyl (C=O) groups is 1. The second-order valence-electron chi connectivity index (χ2n) is 5.84. The molecule has 1 N–H and O–H groups in total. The molecule has 20 heavy (non-hydrogen) atoms. The van der Waals surface area contributed by atoms with Crippen molar-refractivity contribution in [1.82, 2.24) is 4.98 Å². The molecule has 1 aliphatic carbocycles. The maximum Gasteiger partial charge on any atom is 0.306 e. The number of aromatic nitrogens is 1. The Hall–Kier alpha value is -0.900. The summed E-state index contributed by atoms with van der Waals surface area (Å²) in [5, 5.41) is 9.42. The van der Waals surface area contributed by atoms with Crippen molar-refractivity contribution in [3.8, 4) is 0 Å². The topological polar surface area (TPSA) is 50.2 Å². The zero-order valence-electron chi connectivity index (χ0n) is 11.9. The van der Waals surface area contributed by atoms with Crippen molar-refractivity contribution >= 4 is 21.9 Å². The van der Waals surface area contributed by atoms with Crippen LogP contribution in [0.25, 0.3) is 0 Å². The van der Waals surface area contributed by atoms with Gasteiger partial charge < -0.3 is 5.11 Å². The molecule has 4 heteroatoms. The fraction of sp³-hybridized carbons (Fsp3) is 0.625. The third-order valence-electron chi connectivity index (χ3n) is 4.37. The Balaban J connectivity index is 2.06. The Bertz CT molecular complexity index is 446. The number of carboxylic acids is 1. The van der Waals surface area contributed by atoms with Crippen molar-refractivity contribution in [3.63, 3.8) is 0 Å². The largest absolute Gasteiger partial charge is 0.481 e. The first-order chi connectivity index (χ1) is 9.60. The van der Waals surface area contributed by atoms with E-state index in [9.17, 15) is 9.90 Å². The van der Waals surface area contributed by atoms with Crippen molar-refractivity contribution in [2.24, 2.45) is 17.8 Å². The van der Waals surface area contributed by atoms with Crippen LogP contribution in [0.2, 0.25) is 0 Å². The highest BCUT2D eigenvalue weighted by Gasteiger charge is 2.34. The lowest BCUT2D eigenvalue weighted by Crippen LogP contribution is -2.32. The Kier molecular flexibility index (Phi) is 5.58. The van der Waals surface area contributed by atoms with Gasteiger partial charge in [-0.3, -0.25) is 9.78 Å². The lowest BCUT2D eigenvalue weighted by molar-refractivity contribution is -0.145. The molecule has 3 atom stereocenters. The molecule has 1 fully saturated rings. The van der Waals surface area contributed by atoms with Gasteiger partial charge in [-0.25, -0.2) is 0 Å². The molecule has 0 aromatic carbocycles. The van der Waals surface area contributed by atoms with E-state index in [0.29, 0.717) is 5.92 Å². The maximum atomic E-state index is 11.4. The normalized spacial score (nSPS) is 26.4. The molecule has 1 saturated carbocycles. The molecular formula is C16H22BrNO2. The van der Waals surface area contributed by atoms with Crippen LogP contribution in [0.1, 0.15) is 44.7 Å². The highest BCUT2D eigenvalue weighted by molar-refractivity contribution is 9.10. The third-order valence-corrected chi connectivity index (χ3v) is 4.83. The van der Waals surface area contributed by atoms with E-state index in [2.05, 4.69) is 27.8 Å². The first-order valence-electron chi connectivity index (χ1n) is 7.43. The van der Waals surface area contributed by atoms with E-state index in [1.165, 1.54) is 12.8 Å². The summed E-state index contributed by atoms with van der Waals surface area (Å²) in [6, 6.07) is 3.97. The standard InChI is InChI=1S/C16H22BrNO2/c1-2-3-11-4-7-15(16(19)20)12(8-11)9-14-6-5-13(17)10-18-14/h5-6,10-12,15H,2-4,7-9H2,1H3,(H,19,20). The number of hydrogen-bond donors (Lipinski definition) is 1. The zero-order valence-corrected chi connectivity index (χ0v) is 13.5. The molecule has 0 amide bonds. The maximum absolute atomic E-state index is 11.4. The Morgan fingerprint density at radius 1 is 1.45 bits per heavy atom. The minimum absolute atomic E-state index is 0.200. The van der Waals surface area contributed by atoms with Crippen LogP contribution < -0.4 is 0 Å². The van der Waals surface area contributed by atoms with Crippen LogP contribution in [0.3, 0.4) is 0 Å². The van der Waals surface area contributed by atoms with Gasteiger partial charge in [-0.05, 0) is 65.6 Å². The number of nitrogens with zero attached hydrogens (tertiary/aromatic N) is 1. The van der Waals surface area contributed by atoms with Gasteiger partial charge in [0, 0.05) is 16.4 Å². The van der Waals surface area contributed by atoms with Gasteiger partial charge in [0.2, 0.25) is 0 Å². The summed E-state index contributed by atoms with van der Waals surface area (Å²) in [6.45, 7) is 2.20. The molecule has 3 nitrogen and oxygen atoms in total. The smallest absolute Gasteiger partial charge is 0.306 e. The molecule has 0 spiro atoms. The predicted molar refractivity (Wildman–Crippen MR) is 82.5 cm³/mol. The number of pyridine rings is 1. The first kappa shape index (κ1) is 15.5. The number of aliphatic carboxylic acids is 1. The zero-order chi connectivity index (χ0) is 14.5. The fourth-order valence-corrected chi connectivity index (χ4v) is 3.61. The molecule has 1 aliphatic rings. The molecule has 0 bridgehead atoms. The van der Waals surface area contributed by atoms with Crippen LogP contribution in [0.15, 0.2) is 22.8 Å². The SMILES string of the molecule is CCCC1CCC(C(=O)O)C(Cc2ccc(Br)cn2)C1. The molecule has 1 aromatic rings. The molecule has 110 valence electrons. The van der Waals surface area contributed by atoms with Crippen LogP contribution in [0.5, 0.6) is 0 Å². The van der Waals surface area contributed by atoms with Gasteiger partial charge >= 0.3 is 5.97 Å². The second-order valence-corrected chi connectivity index (χ2v) is 6.76. The minimum Gasteiger partial charge on any atom is -0.481 e. The van der Waals surface area contributed by atoms with E-state index in [1.807, 2.05) is 12.1 Å². The molecule has 2 rings (SSSR count). The summed E-state index contributed by atoms with van der Waals surface area (Å²) in [5.74, 6) is 0.0816. The molecule has 0 aliphatic heterocycles. The fourth-order valence-electron chi connectivity index (χ4n) is 3.38. The summed E-state index contributed by atoms with van der Waals surface area (Å²) in [7, 11) is 0. The van der Waals surface area contributed by atoms with Crippen molar-refractivity contribution in [3.05, 3.63) is 28.5 Å². The van der Waals surface area contributed by atoms with E-state index in [4.69, 9.17) is 0 Å². The number of halogens is 1. The molecule has 0 saturated heterocycles. The van der Waals surface area contributed by atoms with Crippen LogP contribution in [0.4, 0.5) is 0 Å². The summed E-state index contributed by atoms with van der Waals surface area (Å²) in [5.41, 5.74) is 1.00. The predicted octanol–water partition coefficient (Wildman–Crippen LogP) is 4.30. The molecule has 1 aromatic heterocycles. The summed E-state index contributed by atoms with van der Waals surface area (Å²) < 4.78 is 0.962. The number of hydrogen-bond acceptors (Lipinski definition) is 2. The van der Waals surface area contributed by atoms with Gasteiger partial charge in [0.25, 0.3) is 0 Å². The van der Waals surface area contributed by atoms with Crippen LogP contribution in [-0.4, -0.2) is 16.1 Å². The molecular weight excluding hydrogens is 318 g/mol. The summed E-state index contributed by atoms with van der Waals surface area (Å²) in [4.78, 5) is 15.8. The van der Waals surface area contributed by atoms with Crippen LogP contribution in [-0.2, 0) is 11.2 Å². The quantitative estimate of drug-likeness (QED) is 0.869. The van der Waals surface area contributed by atoms with E-state index >= 15 is 0 Å². The van der Waals surface area contributed by atoms with Crippen molar-refractivity contribution in [1.29, 1.82) is 0 Å². The number of carboxylic acid groups (broad SMARTS) is 1. The van der Waals surface area contributed by atoms with Crippen molar-refractivity contribution < 1.29 is 9.90 Å². The minimum atomic E-state index is -0.637. The van der Waals surface area contributed by atoms with E-state index in [1.54, 1.807) is 6.20 Å². The third kappa shape index (κ3) is 4.05. The van der Waals surface area contributed by atoms with E-state index in [0.717, 1.165) is 35.8 Å². The van der Waals surface area contributed by atoms with Gasteiger partial charge in [0.05, 0.1) is 5.92 Å². The Morgan fingerprint density at radius 2 is 2.25 bits per heavy atom. The van der Waals surface area contributed by atoms with Gasteiger partial charge in [-0.1, -0.05) is 19.8 Å². The average Bonchev–Trinajstić information content (AvgIpc) is 2.42. The van der Waals surface area contributed by atoms with Gasteiger partial charge in [-0.2, -0.15) is 0 Å². The number of rotatable bonds is 5. The average molecular weight is 340 g/mol. The van der Waals surface area contributed by atoms with Crippen LogP contribution in [0, 0.1) is 17.8 Å². The van der Waals surface area contributed by atoms with E-state index < -0.39 is 5.97 Å². The van der Waals surface area contributed by atoms with Crippen LogP contribution >= 0.6 is 15.9 Å². The highest BCUT2D eigenvalue weighted by atomic mass is 79.9. The van der Waals surface area contributed by atoms with Gasteiger partial charge in [0.1, 0.15) is 0 Å². The van der Waals surface area contributed by atoms with E-state index in [-0.39, 0.29) is 11.8 Å². The van der Waals surface area contributed by atoms with Crippen molar-refractivity contribution in [2.45, 2.75) is 45.4 Å². The highest BCUT2D eigenvalue weighted by Crippen LogP contribution is 2.38. The van der Waals surface area contributed by atoms with Gasteiger partial charge in [0.15, 0.2) is 0 Å². The molecule has 1 heterocycles. The first-order valence-corrected chi connectivity index (χ1v) is 8.22. The lowest BCUT2D eigenvalue weighted by atomic mass is 9.71. The summed E-state index contributed by atoms with van der Waals surface area (Å²) >= 11 is 3.38. The summed E-state index contributed by atoms with van der Waals surface area (Å²) in [6.07, 6.45) is 7.89. The van der Waals surface area contributed by atoms with Gasteiger partial charge in [-0.15, -0.1) is 0 Å².